The van der Waals surface area contributed by atoms with Crippen LogP contribution in [0, 0.1) is 12.1 Å². The van der Waals surface area contributed by atoms with Crippen LogP contribution in [0.15, 0.2) is 159 Å². The van der Waals surface area contributed by atoms with Crippen molar-refractivity contribution in [2.24, 2.45) is 0 Å². The molecule has 10 rings (SSSR count). The van der Waals surface area contributed by atoms with Crippen LogP contribution in [0.2, 0.25) is 0 Å². The molecule has 0 spiro atoms. The van der Waals surface area contributed by atoms with Crippen molar-refractivity contribution in [2.75, 3.05) is 0 Å². The summed E-state index contributed by atoms with van der Waals surface area (Å²) in [6.45, 7) is 8.01. The maximum absolute atomic E-state index is 15.5. The second-order valence-corrected chi connectivity index (χ2v) is 20.8. The van der Waals surface area contributed by atoms with E-state index >= 15 is 9.59 Å². The molecule has 0 fully saturated rings. The zero-order valence-electron chi connectivity index (χ0n) is 40.7. The topological polar surface area (TPSA) is 172 Å². The molecule has 8 aromatic carbocycles. The Bertz CT molecular complexity index is 4010. The van der Waals surface area contributed by atoms with Crippen LogP contribution in [-0.4, -0.2) is 30.5 Å². The first-order valence-corrected chi connectivity index (χ1v) is 25.1. The van der Waals surface area contributed by atoms with Gasteiger partial charge in [-0.2, -0.15) is 54.1 Å². The molecular weight excluding hydrogens is 1010 g/mol. The predicted molar refractivity (Wildman–Crippen MR) is 263 cm³/mol. The Morgan fingerprint density at radius 3 is 1.68 bits per heavy atom. The standard InChI is InChI=1S/C54H39NO10S3.4Na/c1-30(2)36-17-12-18-37(31(3)4)51(36)55-53(56)41-28-45(64-43-19-10-8-15-38(43)32-13-6-5-7-14-32)49-39-16-9-11-20-47(39)66-52-46(29-42(54(55)57)48(41)50(49)52)65-44-26-25-35(68(61,62)63)27-40(44)33-21-23-34(24-22-33)67(58,59)60;;;;/h6-7,9-31H,1-4H3,(H,58,59,60)(H,61,62,63);;;;/q-2;4*+1/p-2. The normalized spacial score (nSPS) is 11.6. The van der Waals surface area contributed by atoms with Gasteiger partial charge in [-0.05, 0) is 77.1 Å². The molecule has 0 radical (unpaired) electrons. The van der Waals surface area contributed by atoms with E-state index in [0.717, 1.165) is 56.6 Å². The molecule has 72 heavy (non-hydrogen) atoms. The summed E-state index contributed by atoms with van der Waals surface area (Å²) < 4.78 is 89.2. The van der Waals surface area contributed by atoms with Crippen LogP contribution >= 0.6 is 11.3 Å². The summed E-state index contributed by atoms with van der Waals surface area (Å²) in [4.78, 5) is 29.9. The van der Waals surface area contributed by atoms with Crippen LogP contribution < -0.4 is 139 Å². The summed E-state index contributed by atoms with van der Waals surface area (Å²) in [5, 5.41) is 2.60. The van der Waals surface area contributed by atoms with Crippen molar-refractivity contribution in [1.82, 2.24) is 4.57 Å². The number of fused-ring (bicyclic) bond motifs is 2. The summed E-state index contributed by atoms with van der Waals surface area (Å²) in [5.41, 5.74) is 2.80. The van der Waals surface area contributed by atoms with Gasteiger partial charge in [0.15, 0.2) is 0 Å². The molecule has 0 aliphatic heterocycles. The summed E-state index contributed by atoms with van der Waals surface area (Å²) >= 11 is 1.34. The number of rotatable bonds is 11. The van der Waals surface area contributed by atoms with Crippen molar-refractivity contribution in [3.63, 3.8) is 0 Å². The van der Waals surface area contributed by atoms with E-state index in [4.69, 9.17) is 9.47 Å². The average Bonchev–Trinajstić information content (AvgIpc) is 3.32. The zero-order chi connectivity index (χ0) is 47.8. The quantitative estimate of drug-likeness (QED) is 0.0561. The number of pyridine rings is 1. The first-order valence-electron chi connectivity index (χ1n) is 21.4. The molecule has 18 heteroatoms. The van der Waals surface area contributed by atoms with E-state index in [1.165, 1.54) is 34.1 Å². The molecule has 340 valence electrons. The fraction of sp³-hybridized carbons (Fsp3) is 0.111. The third-order valence-electron chi connectivity index (χ3n) is 12.1. The van der Waals surface area contributed by atoms with E-state index in [0.29, 0.717) is 38.0 Å². The van der Waals surface area contributed by atoms with Crippen molar-refractivity contribution in [3.05, 3.63) is 183 Å². The number of benzene rings is 8. The minimum absolute atomic E-state index is 0. The molecule has 0 aliphatic carbocycles. The number of nitrogens with zero attached hydrogens (tertiary/aromatic N) is 1. The molecule has 11 nitrogen and oxygen atoms in total. The molecule has 0 unspecified atom stereocenters. The van der Waals surface area contributed by atoms with Gasteiger partial charge in [0.2, 0.25) is 0 Å². The Hall–Kier alpha value is -3.20. The fourth-order valence-electron chi connectivity index (χ4n) is 8.91. The molecule has 0 saturated heterocycles. The van der Waals surface area contributed by atoms with E-state index < -0.39 is 41.1 Å². The Morgan fingerprint density at radius 1 is 0.528 bits per heavy atom. The van der Waals surface area contributed by atoms with Crippen LogP contribution in [0.3, 0.4) is 0 Å². The van der Waals surface area contributed by atoms with Gasteiger partial charge < -0.3 is 18.6 Å². The van der Waals surface area contributed by atoms with Gasteiger partial charge in [0, 0.05) is 37.6 Å². The van der Waals surface area contributed by atoms with Gasteiger partial charge in [-0.25, -0.2) is 21.4 Å². The predicted octanol–water partition coefficient (Wildman–Crippen LogP) is -0.100. The molecule has 0 atom stereocenters. The van der Waals surface area contributed by atoms with E-state index in [2.05, 4.69) is 12.1 Å². The maximum Gasteiger partial charge on any atom is 1.00 e. The molecular formula is C54H37NNa4O10S3. The first-order chi connectivity index (χ1) is 32.5. The third-order valence-corrected chi connectivity index (χ3v) is 14.9. The fourth-order valence-corrected chi connectivity index (χ4v) is 11.0. The summed E-state index contributed by atoms with van der Waals surface area (Å²) in [5.74, 6) is 0.798. The number of aromatic nitrogens is 1. The van der Waals surface area contributed by atoms with Gasteiger partial charge in [0.1, 0.15) is 37.5 Å². The van der Waals surface area contributed by atoms with Gasteiger partial charge in [-0.15, -0.1) is 23.0 Å². The average molecular weight is 1050 g/mol. The summed E-state index contributed by atoms with van der Waals surface area (Å²) in [6.07, 6.45) is 0. The Balaban J connectivity index is 0.00000212. The molecule has 2 heterocycles. The SMILES string of the molecule is CC(C)c1cccc(C(C)C)c1-n1c(=O)c2cc(Oc3ccc(S(=O)(=O)[O-])cc3-c3ccc(S(=O)(=O)[O-])cc3)c3sc4ccccc4c4c(Oc5cc[c-]cc5-c5cc[c-]cc5)cc(c1=O)c2c34.[Na+].[Na+].[Na+].[Na+]. The van der Waals surface area contributed by atoms with Crippen molar-refractivity contribution in [1.29, 1.82) is 0 Å². The van der Waals surface area contributed by atoms with Gasteiger partial charge in [-0.3, -0.25) is 9.59 Å². The molecule has 2 aromatic heterocycles. The molecule has 0 saturated carbocycles. The molecule has 0 N–H and O–H groups in total. The second kappa shape index (κ2) is 23.0. The first kappa shape index (κ1) is 58.1. The second-order valence-electron chi connectivity index (χ2n) is 16.9. The van der Waals surface area contributed by atoms with Crippen LogP contribution in [0.4, 0.5) is 0 Å². The summed E-state index contributed by atoms with van der Waals surface area (Å²) in [6, 6.07) is 43.9. The van der Waals surface area contributed by atoms with Gasteiger partial charge in [-0.1, -0.05) is 76.2 Å². The third kappa shape index (κ3) is 10.8. The van der Waals surface area contributed by atoms with Crippen LogP contribution in [0.25, 0.3) is 69.7 Å². The zero-order valence-corrected chi connectivity index (χ0v) is 51.1. The summed E-state index contributed by atoms with van der Waals surface area (Å²) in [7, 11) is -9.85. The smallest absolute Gasteiger partial charge is 0.744 e. The molecule has 0 amide bonds. The molecule has 0 bridgehead atoms. The van der Waals surface area contributed by atoms with Gasteiger partial charge in [0.05, 0.1) is 31.0 Å². The number of ether oxygens (including phenoxy) is 2. The number of para-hydroxylation sites is 1. The van der Waals surface area contributed by atoms with Crippen molar-refractivity contribution in [2.45, 2.75) is 49.3 Å². The van der Waals surface area contributed by atoms with E-state index in [1.807, 2.05) is 88.4 Å². The Labute approximate surface area is 508 Å². The minimum atomic E-state index is -5.00. The van der Waals surface area contributed by atoms with Crippen LogP contribution in [-0.2, 0) is 20.2 Å². The number of hydrogen-bond donors (Lipinski definition) is 0. The van der Waals surface area contributed by atoms with E-state index in [-0.39, 0.29) is 163 Å². The van der Waals surface area contributed by atoms with Crippen molar-refractivity contribution < 1.29 is 154 Å². The van der Waals surface area contributed by atoms with Crippen LogP contribution in [0.5, 0.6) is 23.0 Å². The van der Waals surface area contributed by atoms with Crippen molar-refractivity contribution >= 4 is 73.3 Å². The minimum Gasteiger partial charge on any atom is -0.744 e. The van der Waals surface area contributed by atoms with Crippen molar-refractivity contribution in [3.8, 4) is 50.9 Å². The van der Waals surface area contributed by atoms with Gasteiger partial charge in [0.25, 0.3) is 11.1 Å². The van der Waals surface area contributed by atoms with E-state index in [9.17, 15) is 25.9 Å². The number of hydrogen-bond acceptors (Lipinski definition) is 11. The van der Waals surface area contributed by atoms with Crippen LogP contribution in [0.1, 0.15) is 50.7 Å². The molecule has 0 aliphatic rings. The monoisotopic (exact) mass is 1050 g/mol. The Morgan fingerprint density at radius 2 is 1.07 bits per heavy atom. The molecule has 10 aromatic rings. The van der Waals surface area contributed by atoms with Gasteiger partial charge >= 0.3 is 118 Å². The largest absolute Gasteiger partial charge is 1.00 e. The van der Waals surface area contributed by atoms with E-state index in [1.54, 1.807) is 36.4 Å². The Kier molecular flexibility index (Phi) is 18.5. The maximum atomic E-state index is 15.5.